The van der Waals surface area contributed by atoms with E-state index >= 15 is 0 Å². The molecule has 0 saturated carbocycles. The highest BCUT2D eigenvalue weighted by Crippen LogP contribution is 2.16. The Hall–Kier alpha value is -0.120. The van der Waals surface area contributed by atoms with Crippen LogP contribution in [0.5, 0.6) is 0 Å². The summed E-state index contributed by atoms with van der Waals surface area (Å²) in [5.74, 6) is -1.58. The highest BCUT2D eigenvalue weighted by atomic mass is 16.5. The van der Waals surface area contributed by atoms with Crippen LogP contribution in [0.15, 0.2) is 0 Å². The summed E-state index contributed by atoms with van der Waals surface area (Å²) in [6.45, 7) is 11.9. The molecule has 0 aliphatic heterocycles. The van der Waals surface area contributed by atoms with Crippen LogP contribution >= 0.6 is 0 Å². The summed E-state index contributed by atoms with van der Waals surface area (Å²) in [5.41, 5.74) is 0.196. The molecule has 0 rings (SSSR count). The Balaban J connectivity index is 4.05. The number of aliphatic hydroxyl groups is 2. The average Bonchev–Trinajstić information content (AvgIpc) is 1.79. The first-order chi connectivity index (χ1) is 5.64. The highest BCUT2D eigenvalue weighted by molar-refractivity contribution is 4.71. The minimum atomic E-state index is -1.58. The second kappa shape index (κ2) is 4.40. The van der Waals surface area contributed by atoms with Gasteiger partial charge in [0.05, 0.1) is 6.54 Å². The molecule has 0 aromatic carbocycles. The van der Waals surface area contributed by atoms with Crippen molar-refractivity contribution in [1.82, 2.24) is 4.90 Å². The Kier molecular flexibility index (Phi) is 4.36. The molecule has 0 aromatic heterocycles. The lowest BCUT2D eigenvalue weighted by atomic mass is 9.96. The molecule has 0 aliphatic carbocycles. The minimum Gasteiger partial charge on any atom is -0.365 e. The van der Waals surface area contributed by atoms with E-state index < -0.39 is 5.79 Å². The molecule has 0 amide bonds. The fraction of sp³-hybridized carbons (Fsp3) is 1.00. The lowest BCUT2D eigenvalue weighted by Gasteiger charge is -2.32. The van der Waals surface area contributed by atoms with Crippen LogP contribution in [0.2, 0.25) is 0 Å². The molecular formula is C10H23NO2. The van der Waals surface area contributed by atoms with Crippen molar-refractivity contribution < 1.29 is 10.2 Å². The lowest BCUT2D eigenvalue weighted by molar-refractivity contribution is -0.160. The van der Waals surface area contributed by atoms with Gasteiger partial charge in [0, 0.05) is 6.54 Å². The summed E-state index contributed by atoms with van der Waals surface area (Å²) in [4.78, 5) is 2.04. The Morgan fingerprint density at radius 3 is 1.69 bits per heavy atom. The van der Waals surface area contributed by atoms with E-state index in [1.165, 1.54) is 6.92 Å². The van der Waals surface area contributed by atoms with Gasteiger partial charge >= 0.3 is 0 Å². The third-order valence-corrected chi connectivity index (χ3v) is 1.67. The first kappa shape index (κ1) is 12.9. The molecule has 0 fully saturated rings. The van der Waals surface area contributed by atoms with Gasteiger partial charge in [0.15, 0.2) is 5.79 Å². The first-order valence-electron chi connectivity index (χ1n) is 4.81. The zero-order chi connectivity index (χ0) is 10.7. The third kappa shape index (κ3) is 8.22. The van der Waals surface area contributed by atoms with Gasteiger partial charge in [-0.05, 0) is 18.9 Å². The largest absolute Gasteiger partial charge is 0.365 e. The molecule has 0 atom stereocenters. The number of likely N-dealkylation sites (N-methyl/N-ethyl adjacent to an activating group) is 1. The molecule has 80 valence electrons. The predicted octanol–water partition coefficient (Wildman–Crippen LogP) is 1.06. The molecule has 0 heterocycles. The molecule has 0 radical (unpaired) electrons. The monoisotopic (exact) mass is 189 g/mol. The molecule has 0 spiro atoms. The summed E-state index contributed by atoms with van der Waals surface area (Å²) >= 11 is 0. The van der Waals surface area contributed by atoms with E-state index in [-0.39, 0.29) is 5.41 Å². The van der Waals surface area contributed by atoms with Crippen LogP contribution in [0.3, 0.4) is 0 Å². The molecule has 2 N–H and O–H groups in total. The van der Waals surface area contributed by atoms with Crippen LogP contribution in [0, 0.1) is 5.41 Å². The van der Waals surface area contributed by atoms with Crippen LogP contribution in [-0.2, 0) is 0 Å². The quantitative estimate of drug-likeness (QED) is 0.650. The zero-order valence-electron chi connectivity index (χ0n) is 9.46. The van der Waals surface area contributed by atoms with Crippen molar-refractivity contribution >= 4 is 0 Å². The fourth-order valence-corrected chi connectivity index (χ4v) is 1.37. The van der Waals surface area contributed by atoms with Crippen LogP contribution in [0.1, 0.15) is 34.6 Å². The topological polar surface area (TPSA) is 43.7 Å². The Labute approximate surface area is 81.4 Å². The second-order valence-corrected chi connectivity index (χ2v) is 5.08. The van der Waals surface area contributed by atoms with Gasteiger partial charge in [-0.2, -0.15) is 0 Å². The van der Waals surface area contributed by atoms with E-state index in [9.17, 15) is 10.2 Å². The predicted molar refractivity (Wildman–Crippen MR) is 54.4 cm³/mol. The molecule has 0 unspecified atom stereocenters. The number of hydrogen-bond acceptors (Lipinski definition) is 3. The van der Waals surface area contributed by atoms with Gasteiger partial charge in [0.1, 0.15) is 0 Å². The van der Waals surface area contributed by atoms with Gasteiger partial charge in [0.25, 0.3) is 0 Å². The molecule has 0 aliphatic rings. The Morgan fingerprint density at radius 1 is 1.00 bits per heavy atom. The van der Waals surface area contributed by atoms with Gasteiger partial charge in [-0.25, -0.2) is 0 Å². The standard InChI is InChI=1S/C10H23NO2/c1-6-11(7-9(2,3)4)8-10(5,12)13/h12-13H,6-8H2,1-5H3. The van der Waals surface area contributed by atoms with Gasteiger partial charge < -0.3 is 10.2 Å². The third-order valence-electron chi connectivity index (χ3n) is 1.67. The van der Waals surface area contributed by atoms with E-state index in [0.717, 1.165) is 13.1 Å². The van der Waals surface area contributed by atoms with Crippen molar-refractivity contribution in [2.45, 2.75) is 40.4 Å². The van der Waals surface area contributed by atoms with Crippen LogP contribution in [0.25, 0.3) is 0 Å². The molecule has 0 bridgehead atoms. The molecule has 13 heavy (non-hydrogen) atoms. The highest BCUT2D eigenvalue weighted by Gasteiger charge is 2.22. The van der Waals surface area contributed by atoms with Crippen molar-refractivity contribution in [3.8, 4) is 0 Å². The van der Waals surface area contributed by atoms with Crippen molar-refractivity contribution in [2.75, 3.05) is 19.6 Å². The van der Waals surface area contributed by atoms with E-state index in [0.29, 0.717) is 6.54 Å². The maximum Gasteiger partial charge on any atom is 0.172 e. The number of rotatable bonds is 4. The number of nitrogens with zero attached hydrogens (tertiary/aromatic N) is 1. The number of hydrogen-bond donors (Lipinski definition) is 2. The van der Waals surface area contributed by atoms with Crippen molar-refractivity contribution in [2.24, 2.45) is 5.41 Å². The Morgan fingerprint density at radius 2 is 1.46 bits per heavy atom. The summed E-state index contributed by atoms with van der Waals surface area (Å²) < 4.78 is 0. The normalized spacial score (nSPS) is 13.8. The van der Waals surface area contributed by atoms with E-state index in [1.807, 2.05) is 11.8 Å². The van der Waals surface area contributed by atoms with Crippen molar-refractivity contribution in [1.29, 1.82) is 0 Å². The smallest absolute Gasteiger partial charge is 0.172 e. The summed E-state index contributed by atoms with van der Waals surface area (Å²) in [6.07, 6.45) is 0. The second-order valence-electron chi connectivity index (χ2n) is 5.08. The van der Waals surface area contributed by atoms with Gasteiger partial charge in [-0.3, -0.25) is 4.90 Å². The fourth-order valence-electron chi connectivity index (χ4n) is 1.37. The van der Waals surface area contributed by atoms with Gasteiger partial charge in [-0.1, -0.05) is 27.7 Å². The van der Waals surface area contributed by atoms with Crippen LogP contribution < -0.4 is 0 Å². The molecular weight excluding hydrogens is 166 g/mol. The summed E-state index contributed by atoms with van der Waals surface area (Å²) in [5, 5.41) is 18.5. The van der Waals surface area contributed by atoms with Crippen molar-refractivity contribution in [3.63, 3.8) is 0 Å². The summed E-state index contributed by atoms with van der Waals surface area (Å²) in [6, 6.07) is 0. The van der Waals surface area contributed by atoms with Gasteiger partial charge in [-0.15, -0.1) is 0 Å². The van der Waals surface area contributed by atoms with Crippen LogP contribution in [0.4, 0.5) is 0 Å². The van der Waals surface area contributed by atoms with E-state index in [2.05, 4.69) is 20.8 Å². The maximum absolute atomic E-state index is 9.23. The van der Waals surface area contributed by atoms with E-state index in [4.69, 9.17) is 0 Å². The maximum atomic E-state index is 9.23. The summed E-state index contributed by atoms with van der Waals surface area (Å²) in [7, 11) is 0. The first-order valence-corrected chi connectivity index (χ1v) is 4.81. The molecule has 0 saturated heterocycles. The van der Waals surface area contributed by atoms with Gasteiger partial charge in [0.2, 0.25) is 0 Å². The lowest BCUT2D eigenvalue weighted by Crippen LogP contribution is -2.43. The van der Waals surface area contributed by atoms with Crippen molar-refractivity contribution in [3.05, 3.63) is 0 Å². The molecule has 0 aromatic rings. The van der Waals surface area contributed by atoms with Crippen LogP contribution in [-0.4, -0.2) is 40.5 Å². The minimum absolute atomic E-state index is 0.196. The zero-order valence-corrected chi connectivity index (χ0v) is 9.46. The molecule has 3 nitrogen and oxygen atoms in total. The van der Waals surface area contributed by atoms with E-state index in [1.54, 1.807) is 0 Å². The Bertz CT molecular complexity index is 128. The molecule has 3 heteroatoms. The average molecular weight is 189 g/mol. The SMILES string of the molecule is CCN(CC(C)(C)C)CC(C)(O)O.